The van der Waals surface area contributed by atoms with Crippen molar-refractivity contribution >= 4 is 5.91 Å². The van der Waals surface area contributed by atoms with Crippen LogP contribution in [0.5, 0.6) is 0 Å². The number of nitrogens with one attached hydrogen (secondary N) is 1. The molecular formula is C19H28N4O2. The highest BCUT2D eigenvalue weighted by atomic mass is 16.3. The fourth-order valence-electron chi connectivity index (χ4n) is 3.19. The molecule has 0 saturated carbocycles. The van der Waals surface area contributed by atoms with Crippen molar-refractivity contribution in [2.75, 3.05) is 19.6 Å². The summed E-state index contributed by atoms with van der Waals surface area (Å²) >= 11 is 0. The zero-order chi connectivity index (χ0) is 18.0. The van der Waals surface area contributed by atoms with Crippen LogP contribution in [0, 0.1) is 6.92 Å². The van der Waals surface area contributed by atoms with Crippen LogP contribution in [0.15, 0.2) is 28.9 Å². The summed E-state index contributed by atoms with van der Waals surface area (Å²) < 4.78 is 7.65. The molecular weight excluding hydrogens is 316 g/mol. The third-order valence-corrected chi connectivity index (χ3v) is 4.66. The first kappa shape index (κ1) is 17.7. The van der Waals surface area contributed by atoms with Gasteiger partial charge in [0, 0.05) is 12.7 Å². The Labute approximate surface area is 149 Å². The van der Waals surface area contributed by atoms with Gasteiger partial charge in [0.05, 0.1) is 23.3 Å². The summed E-state index contributed by atoms with van der Waals surface area (Å²) in [4.78, 5) is 14.9. The van der Waals surface area contributed by atoms with E-state index in [2.05, 4.69) is 36.1 Å². The Morgan fingerprint density at radius 1 is 1.32 bits per heavy atom. The first-order chi connectivity index (χ1) is 11.8. The molecule has 1 saturated heterocycles. The van der Waals surface area contributed by atoms with E-state index in [0.717, 1.165) is 24.6 Å². The molecule has 3 heterocycles. The lowest BCUT2D eigenvalue weighted by Gasteiger charge is -2.26. The number of aryl methyl sites for hydroxylation is 1. The fourth-order valence-corrected chi connectivity index (χ4v) is 3.19. The number of carbonyl (C=O) groups excluding carboxylic acids is 1. The average Bonchev–Trinajstić information content (AvgIpc) is 3.28. The van der Waals surface area contributed by atoms with Crippen LogP contribution in [-0.2, 0) is 5.54 Å². The molecule has 1 atom stereocenters. The second-order valence-corrected chi connectivity index (χ2v) is 7.76. The monoisotopic (exact) mass is 344 g/mol. The minimum Gasteiger partial charge on any atom is -0.465 e. The second-order valence-electron chi connectivity index (χ2n) is 7.76. The molecule has 1 unspecified atom stereocenters. The number of aromatic nitrogens is 2. The lowest BCUT2D eigenvalue weighted by Crippen LogP contribution is -2.36. The first-order valence-electron chi connectivity index (χ1n) is 8.98. The topological polar surface area (TPSA) is 63.3 Å². The Bertz CT molecular complexity index is 720. The third kappa shape index (κ3) is 4.12. The van der Waals surface area contributed by atoms with Crippen molar-refractivity contribution in [2.45, 2.75) is 52.1 Å². The van der Waals surface area contributed by atoms with Crippen molar-refractivity contribution in [3.63, 3.8) is 0 Å². The SMILES string of the molecule is Cc1ccc(C(CNC(=O)c2cnn(C(C)(C)C)c2)N2CCCC2)o1. The van der Waals surface area contributed by atoms with Crippen LogP contribution in [-0.4, -0.2) is 40.2 Å². The van der Waals surface area contributed by atoms with Gasteiger partial charge in [-0.05, 0) is 65.8 Å². The Kier molecular flexibility index (Phi) is 4.99. The third-order valence-electron chi connectivity index (χ3n) is 4.66. The molecule has 0 radical (unpaired) electrons. The van der Waals surface area contributed by atoms with E-state index >= 15 is 0 Å². The van der Waals surface area contributed by atoms with E-state index in [4.69, 9.17) is 4.42 Å². The lowest BCUT2D eigenvalue weighted by molar-refractivity contribution is 0.0933. The van der Waals surface area contributed by atoms with E-state index in [-0.39, 0.29) is 17.5 Å². The van der Waals surface area contributed by atoms with Crippen LogP contribution in [0.25, 0.3) is 0 Å². The van der Waals surface area contributed by atoms with Gasteiger partial charge in [-0.2, -0.15) is 5.10 Å². The molecule has 2 aromatic rings. The highest BCUT2D eigenvalue weighted by Crippen LogP contribution is 2.26. The summed E-state index contributed by atoms with van der Waals surface area (Å²) in [5, 5.41) is 7.36. The van der Waals surface area contributed by atoms with Crippen molar-refractivity contribution < 1.29 is 9.21 Å². The van der Waals surface area contributed by atoms with Crippen molar-refractivity contribution in [1.82, 2.24) is 20.0 Å². The molecule has 0 aromatic carbocycles. The predicted molar refractivity (Wildman–Crippen MR) is 96.5 cm³/mol. The highest BCUT2D eigenvalue weighted by molar-refractivity contribution is 5.93. The quantitative estimate of drug-likeness (QED) is 0.905. The lowest BCUT2D eigenvalue weighted by atomic mass is 10.1. The molecule has 136 valence electrons. The normalized spacial score (nSPS) is 17.0. The Hall–Kier alpha value is -2.08. The van der Waals surface area contributed by atoms with Crippen molar-refractivity contribution in [1.29, 1.82) is 0 Å². The van der Waals surface area contributed by atoms with Crippen LogP contribution < -0.4 is 5.32 Å². The number of hydrogen-bond acceptors (Lipinski definition) is 4. The van der Waals surface area contributed by atoms with Gasteiger partial charge in [0.15, 0.2) is 0 Å². The van der Waals surface area contributed by atoms with Crippen LogP contribution >= 0.6 is 0 Å². The Morgan fingerprint density at radius 2 is 2.04 bits per heavy atom. The van der Waals surface area contributed by atoms with Crippen LogP contribution in [0.2, 0.25) is 0 Å². The van der Waals surface area contributed by atoms with Gasteiger partial charge in [0.1, 0.15) is 11.5 Å². The summed E-state index contributed by atoms with van der Waals surface area (Å²) in [5.41, 5.74) is 0.452. The molecule has 1 aliphatic heterocycles. The molecule has 2 aromatic heterocycles. The number of likely N-dealkylation sites (tertiary alicyclic amines) is 1. The number of rotatable bonds is 5. The maximum absolute atomic E-state index is 12.5. The van der Waals surface area contributed by atoms with E-state index in [0.29, 0.717) is 12.1 Å². The molecule has 1 aliphatic rings. The molecule has 1 amide bonds. The Balaban J connectivity index is 1.68. The van der Waals surface area contributed by atoms with E-state index in [1.807, 2.05) is 23.7 Å². The van der Waals surface area contributed by atoms with E-state index < -0.39 is 0 Å². The van der Waals surface area contributed by atoms with E-state index in [9.17, 15) is 4.79 Å². The van der Waals surface area contributed by atoms with Gasteiger partial charge in [-0.15, -0.1) is 0 Å². The van der Waals surface area contributed by atoms with Gasteiger partial charge < -0.3 is 9.73 Å². The van der Waals surface area contributed by atoms with Crippen molar-refractivity contribution in [2.24, 2.45) is 0 Å². The van der Waals surface area contributed by atoms with E-state index in [1.54, 1.807) is 12.4 Å². The molecule has 0 spiro atoms. The molecule has 3 rings (SSSR count). The van der Waals surface area contributed by atoms with Crippen molar-refractivity contribution in [3.05, 3.63) is 41.6 Å². The summed E-state index contributed by atoms with van der Waals surface area (Å²) in [6.45, 7) is 10.7. The minimum atomic E-state index is -0.137. The minimum absolute atomic E-state index is 0.0813. The smallest absolute Gasteiger partial charge is 0.254 e. The van der Waals surface area contributed by atoms with Crippen LogP contribution in [0.1, 0.15) is 61.5 Å². The Morgan fingerprint density at radius 3 is 2.60 bits per heavy atom. The van der Waals surface area contributed by atoms with Gasteiger partial charge >= 0.3 is 0 Å². The number of carbonyl (C=O) groups is 1. The molecule has 6 heteroatoms. The summed E-state index contributed by atoms with van der Waals surface area (Å²) in [6, 6.07) is 4.08. The number of amides is 1. The van der Waals surface area contributed by atoms with Crippen LogP contribution in [0.4, 0.5) is 0 Å². The molecule has 0 aliphatic carbocycles. The standard InChI is InChI=1S/C19H28N4O2/c1-14-7-8-17(25-14)16(22-9-5-6-10-22)12-20-18(24)15-11-21-23(13-15)19(2,3)4/h7-8,11,13,16H,5-6,9-10,12H2,1-4H3,(H,20,24). The second kappa shape index (κ2) is 7.04. The van der Waals surface area contributed by atoms with Gasteiger partial charge in [-0.1, -0.05) is 0 Å². The maximum atomic E-state index is 12.5. The first-order valence-corrected chi connectivity index (χ1v) is 8.98. The fraction of sp³-hybridized carbons (Fsp3) is 0.579. The van der Waals surface area contributed by atoms with Crippen molar-refractivity contribution in [3.8, 4) is 0 Å². The summed E-state index contributed by atoms with van der Waals surface area (Å²) in [5.74, 6) is 1.73. The van der Waals surface area contributed by atoms with Gasteiger partial charge in [0.2, 0.25) is 0 Å². The average molecular weight is 344 g/mol. The maximum Gasteiger partial charge on any atom is 0.254 e. The number of nitrogens with zero attached hydrogens (tertiary/aromatic N) is 3. The summed E-state index contributed by atoms with van der Waals surface area (Å²) in [7, 11) is 0. The predicted octanol–water partition coefficient (Wildman–Crippen LogP) is 3.11. The van der Waals surface area contributed by atoms with Gasteiger partial charge in [0.25, 0.3) is 5.91 Å². The van der Waals surface area contributed by atoms with Gasteiger partial charge in [-0.25, -0.2) is 0 Å². The molecule has 6 nitrogen and oxygen atoms in total. The molecule has 1 fully saturated rings. The van der Waals surface area contributed by atoms with Crippen LogP contribution in [0.3, 0.4) is 0 Å². The molecule has 0 bridgehead atoms. The number of furan rings is 1. The largest absolute Gasteiger partial charge is 0.465 e. The zero-order valence-electron chi connectivity index (χ0n) is 15.6. The summed E-state index contributed by atoms with van der Waals surface area (Å²) in [6.07, 6.45) is 5.82. The molecule has 25 heavy (non-hydrogen) atoms. The zero-order valence-corrected chi connectivity index (χ0v) is 15.6. The highest BCUT2D eigenvalue weighted by Gasteiger charge is 2.27. The van der Waals surface area contributed by atoms with Gasteiger partial charge in [-0.3, -0.25) is 14.4 Å². The number of hydrogen-bond donors (Lipinski definition) is 1. The molecule has 1 N–H and O–H groups in total. The van der Waals surface area contributed by atoms with E-state index in [1.165, 1.54) is 12.8 Å².